The Morgan fingerprint density at radius 1 is 1.12 bits per heavy atom. The largest absolute Gasteiger partial charge is 0.477 e. The predicted octanol–water partition coefficient (Wildman–Crippen LogP) is 3.18. The van der Waals surface area contributed by atoms with Crippen molar-refractivity contribution in [3.05, 3.63) is 51.9 Å². The summed E-state index contributed by atoms with van der Waals surface area (Å²) >= 11 is 2.21. The van der Waals surface area contributed by atoms with Gasteiger partial charge in [0.15, 0.2) is 0 Å². The van der Waals surface area contributed by atoms with Gasteiger partial charge < -0.3 is 9.84 Å². The Kier molecular flexibility index (Phi) is 3.58. The van der Waals surface area contributed by atoms with Crippen molar-refractivity contribution >= 4 is 28.6 Å². The van der Waals surface area contributed by atoms with Crippen molar-refractivity contribution in [1.29, 1.82) is 0 Å². The maximum absolute atomic E-state index is 10.6. The number of hydrogen-bond donors (Lipinski definition) is 1. The third-order valence-electron chi connectivity index (χ3n) is 2.00. The first-order chi connectivity index (χ1) is 8.15. The Labute approximate surface area is 111 Å². The van der Waals surface area contributed by atoms with Gasteiger partial charge in [0.25, 0.3) is 0 Å². The van der Waals surface area contributed by atoms with E-state index in [0.29, 0.717) is 11.5 Å². The molecule has 0 aliphatic carbocycles. The number of nitrogens with zero attached hydrogens (tertiary/aromatic N) is 1. The molecule has 0 amide bonds. The topological polar surface area (TPSA) is 59.4 Å². The van der Waals surface area contributed by atoms with Crippen molar-refractivity contribution in [2.75, 3.05) is 0 Å². The number of rotatable bonds is 3. The highest BCUT2D eigenvalue weighted by Crippen LogP contribution is 2.21. The van der Waals surface area contributed by atoms with Crippen LogP contribution in [0.5, 0.6) is 11.5 Å². The Balaban J connectivity index is 2.13. The molecule has 17 heavy (non-hydrogen) atoms. The number of carboxylic acid groups (broad SMARTS) is 1. The minimum absolute atomic E-state index is 0.0000369. The van der Waals surface area contributed by atoms with Crippen molar-refractivity contribution in [3.63, 3.8) is 0 Å². The summed E-state index contributed by atoms with van der Waals surface area (Å²) in [7, 11) is 0. The van der Waals surface area contributed by atoms with E-state index in [1.165, 1.54) is 12.3 Å². The molecule has 0 atom stereocenters. The predicted molar refractivity (Wildman–Crippen MR) is 70.4 cm³/mol. The summed E-state index contributed by atoms with van der Waals surface area (Å²) in [6.07, 6.45) is 1.39. The molecule has 1 heterocycles. The summed E-state index contributed by atoms with van der Waals surface area (Å²) in [4.78, 5) is 14.4. The van der Waals surface area contributed by atoms with Gasteiger partial charge in [-0.25, -0.2) is 9.78 Å². The molecule has 2 rings (SSSR count). The lowest BCUT2D eigenvalue weighted by atomic mass is 10.3. The fourth-order valence-electron chi connectivity index (χ4n) is 1.21. The van der Waals surface area contributed by atoms with Gasteiger partial charge in [-0.2, -0.15) is 0 Å². The zero-order chi connectivity index (χ0) is 12.3. The Morgan fingerprint density at radius 3 is 2.29 bits per heavy atom. The van der Waals surface area contributed by atoms with Gasteiger partial charge in [0.05, 0.1) is 6.20 Å². The monoisotopic (exact) mass is 341 g/mol. The van der Waals surface area contributed by atoms with Crippen LogP contribution in [0.3, 0.4) is 0 Å². The minimum Gasteiger partial charge on any atom is -0.477 e. The number of benzene rings is 1. The van der Waals surface area contributed by atoms with Crippen molar-refractivity contribution in [2.24, 2.45) is 0 Å². The van der Waals surface area contributed by atoms with Gasteiger partial charge in [0.2, 0.25) is 0 Å². The average molecular weight is 341 g/mol. The number of carboxylic acids is 1. The number of halogens is 1. The molecule has 1 aromatic heterocycles. The van der Waals surface area contributed by atoms with Crippen LogP contribution in [-0.4, -0.2) is 16.1 Å². The molecule has 0 saturated heterocycles. The molecule has 0 aliphatic rings. The Bertz CT molecular complexity index is 522. The van der Waals surface area contributed by atoms with E-state index in [1.807, 2.05) is 24.3 Å². The van der Waals surface area contributed by atoms with E-state index in [9.17, 15) is 4.79 Å². The van der Waals surface area contributed by atoms with Gasteiger partial charge in [-0.05, 0) is 59.0 Å². The van der Waals surface area contributed by atoms with E-state index in [4.69, 9.17) is 9.84 Å². The smallest absolute Gasteiger partial charge is 0.354 e. The maximum Gasteiger partial charge on any atom is 0.354 e. The van der Waals surface area contributed by atoms with Gasteiger partial charge >= 0.3 is 5.97 Å². The number of ether oxygens (including phenoxy) is 1. The molecule has 0 radical (unpaired) electrons. The van der Waals surface area contributed by atoms with Gasteiger partial charge in [-0.3, -0.25) is 0 Å². The van der Waals surface area contributed by atoms with Crippen molar-refractivity contribution < 1.29 is 14.6 Å². The molecule has 0 aliphatic heterocycles. The maximum atomic E-state index is 10.6. The first-order valence-electron chi connectivity index (χ1n) is 4.78. The number of pyridine rings is 1. The third kappa shape index (κ3) is 3.16. The van der Waals surface area contributed by atoms with Crippen LogP contribution in [0.25, 0.3) is 0 Å². The normalized spacial score (nSPS) is 9.94. The van der Waals surface area contributed by atoms with Gasteiger partial charge in [-0.1, -0.05) is 0 Å². The summed E-state index contributed by atoms with van der Waals surface area (Å²) in [6, 6.07) is 10.5. The highest BCUT2D eigenvalue weighted by molar-refractivity contribution is 14.1. The summed E-state index contributed by atoms with van der Waals surface area (Å²) < 4.78 is 6.63. The molecule has 2 aromatic rings. The quantitative estimate of drug-likeness (QED) is 0.872. The second-order valence-corrected chi connectivity index (χ2v) is 4.49. The molecule has 0 unspecified atom stereocenters. The minimum atomic E-state index is -1.05. The first-order valence-corrected chi connectivity index (χ1v) is 5.86. The number of hydrogen-bond acceptors (Lipinski definition) is 3. The van der Waals surface area contributed by atoms with Crippen LogP contribution in [-0.2, 0) is 0 Å². The lowest BCUT2D eigenvalue weighted by molar-refractivity contribution is 0.0690. The van der Waals surface area contributed by atoms with E-state index < -0.39 is 5.97 Å². The molecular weight excluding hydrogens is 333 g/mol. The van der Waals surface area contributed by atoms with E-state index in [2.05, 4.69) is 27.6 Å². The van der Waals surface area contributed by atoms with E-state index in [0.717, 1.165) is 3.57 Å². The summed E-state index contributed by atoms with van der Waals surface area (Å²) in [5.41, 5.74) is -0.0000369. The van der Waals surface area contributed by atoms with E-state index in [-0.39, 0.29) is 5.69 Å². The van der Waals surface area contributed by atoms with Gasteiger partial charge in [0.1, 0.15) is 17.2 Å². The van der Waals surface area contributed by atoms with Crippen molar-refractivity contribution in [2.45, 2.75) is 0 Å². The molecule has 1 N–H and O–H groups in total. The molecule has 4 nitrogen and oxygen atoms in total. The van der Waals surface area contributed by atoms with Crippen LogP contribution in [0.1, 0.15) is 10.5 Å². The Hall–Kier alpha value is -1.63. The van der Waals surface area contributed by atoms with Crippen LogP contribution in [0.15, 0.2) is 42.6 Å². The highest BCUT2D eigenvalue weighted by Gasteiger charge is 2.04. The summed E-state index contributed by atoms with van der Waals surface area (Å²) in [5.74, 6) is 0.150. The first kappa shape index (κ1) is 11.8. The Morgan fingerprint density at radius 2 is 1.76 bits per heavy atom. The second-order valence-electron chi connectivity index (χ2n) is 3.24. The number of aromatic carboxylic acids is 1. The fraction of sp³-hybridized carbons (Fsp3) is 0. The van der Waals surface area contributed by atoms with E-state index in [1.54, 1.807) is 6.07 Å². The molecule has 5 heteroatoms. The van der Waals surface area contributed by atoms with Crippen molar-refractivity contribution in [1.82, 2.24) is 4.98 Å². The standard InChI is InChI=1S/C12H8INO3/c13-8-1-3-9(4-2-8)17-10-5-6-11(12(15)16)14-7-10/h1-7H,(H,15,16). The third-order valence-corrected chi connectivity index (χ3v) is 2.72. The highest BCUT2D eigenvalue weighted by atomic mass is 127. The zero-order valence-corrected chi connectivity index (χ0v) is 10.8. The summed E-state index contributed by atoms with van der Waals surface area (Å²) in [5, 5.41) is 8.69. The average Bonchev–Trinajstić information content (AvgIpc) is 2.33. The molecule has 0 bridgehead atoms. The van der Waals surface area contributed by atoms with Crippen molar-refractivity contribution in [3.8, 4) is 11.5 Å². The number of aromatic nitrogens is 1. The lowest BCUT2D eigenvalue weighted by Crippen LogP contribution is -1.99. The fourth-order valence-corrected chi connectivity index (χ4v) is 1.57. The molecule has 0 spiro atoms. The van der Waals surface area contributed by atoms with Crippen LogP contribution in [0.4, 0.5) is 0 Å². The number of carbonyl (C=O) groups is 1. The molecule has 0 saturated carbocycles. The molecular formula is C12H8INO3. The molecule has 0 fully saturated rings. The zero-order valence-electron chi connectivity index (χ0n) is 8.63. The van der Waals surface area contributed by atoms with Gasteiger partial charge in [0, 0.05) is 3.57 Å². The van der Waals surface area contributed by atoms with Gasteiger partial charge in [-0.15, -0.1) is 0 Å². The van der Waals surface area contributed by atoms with Crippen LogP contribution >= 0.6 is 22.6 Å². The molecule has 1 aromatic carbocycles. The van der Waals surface area contributed by atoms with Crippen LogP contribution < -0.4 is 4.74 Å². The molecule has 86 valence electrons. The van der Waals surface area contributed by atoms with Crippen LogP contribution in [0.2, 0.25) is 0 Å². The van der Waals surface area contributed by atoms with E-state index >= 15 is 0 Å². The lowest BCUT2D eigenvalue weighted by Gasteiger charge is -2.05. The summed E-state index contributed by atoms with van der Waals surface area (Å²) in [6.45, 7) is 0. The SMILES string of the molecule is O=C(O)c1ccc(Oc2ccc(I)cc2)cn1. The second kappa shape index (κ2) is 5.13. The van der Waals surface area contributed by atoms with Crippen LogP contribution in [0, 0.1) is 3.57 Å².